The number of benzene rings is 1. The van der Waals surface area contributed by atoms with Gasteiger partial charge >= 0.3 is 6.18 Å². The van der Waals surface area contributed by atoms with Gasteiger partial charge in [0.05, 0.1) is 24.7 Å². The second-order valence-electron chi connectivity index (χ2n) is 4.82. The maximum atomic E-state index is 12.6. The van der Waals surface area contributed by atoms with Crippen LogP contribution in [0.2, 0.25) is 0 Å². The molecule has 0 spiro atoms. The molecule has 1 amide bonds. The summed E-state index contributed by atoms with van der Waals surface area (Å²) in [5.41, 5.74) is 5.60. The molecule has 2 unspecified atom stereocenters. The Morgan fingerprint density at radius 1 is 1.40 bits per heavy atom. The summed E-state index contributed by atoms with van der Waals surface area (Å²) in [6.07, 6.45) is -4.44. The fraction of sp³-hybridized carbons (Fsp3) is 0.462. The topological polar surface area (TPSA) is 64.3 Å². The van der Waals surface area contributed by atoms with E-state index in [9.17, 15) is 18.0 Å². The van der Waals surface area contributed by atoms with Crippen LogP contribution < -0.4 is 11.1 Å². The summed E-state index contributed by atoms with van der Waals surface area (Å²) in [7, 11) is 0. The van der Waals surface area contributed by atoms with E-state index < -0.39 is 29.6 Å². The minimum atomic E-state index is -4.44. The van der Waals surface area contributed by atoms with Gasteiger partial charge in [-0.3, -0.25) is 4.79 Å². The van der Waals surface area contributed by atoms with Crippen LogP contribution in [0.4, 0.5) is 18.9 Å². The third-order valence-corrected chi connectivity index (χ3v) is 3.28. The van der Waals surface area contributed by atoms with Gasteiger partial charge in [-0.05, 0) is 24.6 Å². The molecule has 0 bridgehead atoms. The Balaban J connectivity index is 2.18. The van der Waals surface area contributed by atoms with Gasteiger partial charge in [-0.25, -0.2) is 0 Å². The Morgan fingerprint density at radius 3 is 2.65 bits per heavy atom. The smallest absolute Gasteiger partial charge is 0.379 e. The lowest BCUT2D eigenvalue weighted by Crippen LogP contribution is -2.37. The van der Waals surface area contributed by atoms with E-state index in [0.29, 0.717) is 5.56 Å². The first-order valence-electron chi connectivity index (χ1n) is 6.11. The molecule has 1 aromatic carbocycles. The third kappa shape index (κ3) is 3.10. The Morgan fingerprint density at radius 2 is 2.10 bits per heavy atom. The maximum Gasteiger partial charge on any atom is 0.416 e. The van der Waals surface area contributed by atoms with Crippen LogP contribution in [-0.2, 0) is 15.7 Å². The summed E-state index contributed by atoms with van der Waals surface area (Å²) in [5, 5.41) is 2.50. The van der Waals surface area contributed by atoms with Crippen LogP contribution in [0.1, 0.15) is 11.1 Å². The quantitative estimate of drug-likeness (QED) is 0.874. The molecule has 2 rings (SSSR count). The van der Waals surface area contributed by atoms with Gasteiger partial charge in [0.2, 0.25) is 5.91 Å². The first kappa shape index (κ1) is 14.8. The molecule has 0 radical (unpaired) electrons. The molecule has 1 aliphatic heterocycles. The van der Waals surface area contributed by atoms with Gasteiger partial charge in [-0.15, -0.1) is 0 Å². The molecule has 110 valence electrons. The minimum Gasteiger partial charge on any atom is -0.379 e. The lowest BCUT2D eigenvalue weighted by atomic mass is 10.0. The number of hydrogen-bond donors (Lipinski definition) is 2. The van der Waals surface area contributed by atoms with Crippen molar-refractivity contribution in [3.8, 4) is 0 Å². The van der Waals surface area contributed by atoms with Crippen LogP contribution in [-0.4, -0.2) is 25.2 Å². The van der Waals surface area contributed by atoms with E-state index in [1.54, 1.807) is 6.92 Å². The predicted octanol–water partition coefficient (Wildman–Crippen LogP) is 1.93. The molecule has 1 aromatic rings. The minimum absolute atomic E-state index is 0.143. The highest BCUT2D eigenvalue weighted by molar-refractivity contribution is 5.94. The molecular weight excluding hydrogens is 273 g/mol. The van der Waals surface area contributed by atoms with E-state index in [0.717, 1.165) is 12.1 Å². The van der Waals surface area contributed by atoms with Crippen molar-refractivity contribution in [1.29, 1.82) is 0 Å². The third-order valence-electron chi connectivity index (χ3n) is 3.28. The van der Waals surface area contributed by atoms with Crippen LogP contribution in [0.15, 0.2) is 18.2 Å². The molecule has 7 heteroatoms. The molecule has 0 saturated carbocycles. The molecule has 20 heavy (non-hydrogen) atoms. The lowest BCUT2D eigenvalue weighted by Gasteiger charge is -2.16. The molecule has 1 aliphatic rings. The molecular formula is C13H15F3N2O2. The normalized spacial score (nSPS) is 22.9. The number of nitrogens with two attached hydrogens (primary N) is 1. The summed E-state index contributed by atoms with van der Waals surface area (Å²) >= 11 is 0. The fourth-order valence-corrected chi connectivity index (χ4v) is 2.00. The van der Waals surface area contributed by atoms with Crippen LogP contribution in [0.3, 0.4) is 0 Å². The van der Waals surface area contributed by atoms with Crippen molar-refractivity contribution < 1.29 is 22.7 Å². The highest BCUT2D eigenvalue weighted by Crippen LogP contribution is 2.32. The molecule has 2 atom stereocenters. The highest BCUT2D eigenvalue weighted by atomic mass is 19.4. The number of amides is 1. The van der Waals surface area contributed by atoms with Gasteiger partial charge in [0.15, 0.2) is 0 Å². The zero-order chi connectivity index (χ0) is 14.9. The van der Waals surface area contributed by atoms with Crippen LogP contribution in [0, 0.1) is 12.8 Å². The average Bonchev–Trinajstić information content (AvgIpc) is 2.77. The van der Waals surface area contributed by atoms with E-state index in [1.807, 2.05) is 0 Å². The molecule has 0 aromatic heterocycles. The number of ether oxygens (including phenoxy) is 1. The number of halogens is 3. The number of hydrogen-bond acceptors (Lipinski definition) is 3. The molecule has 1 fully saturated rings. The van der Waals surface area contributed by atoms with E-state index in [4.69, 9.17) is 10.5 Å². The largest absolute Gasteiger partial charge is 0.416 e. The van der Waals surface area contributed by atoms with Crippen molar-refractivity contribution >= 4 is 11.6 Å². The number of carbonyl (C=O) groups excluding carboxylic acids is 1. The fourth-order valence-electron chi connectivity index (χ4n) is 2.00. The summed E-state index contributed by atoms with van der Waals surface area (Å²) in [4.78, 5) is 12.0. The van der Waals surface area contributed by atoms with Gasteiger partial charge in [0.1, 0.15) is 0 Å². The summed E-state index contributed by atoms with van der Waals surface area (Å²) in [5.74, 6) is -0.957. The number of carbonyl (C=O) groups is 1. The van der Waals surface area contributed by atoms with Crippen molar-refractivity contribution in [2.24, 2.45) is 11.7 Å². The molecule has 3 N–H and O–H groups in total. The molecule has 4 nitrogen and oxygen atoms in total. The Kier molecular flexibility index (Phi) is 4.01. The summed E-state index contributed by atoms with van der Waals surface area (Å²) in [6, 6.07) is 2.80. The number of anilines is 1. The van der Waals surface area contributed by atoms with Gasteiger partial charge < -0.3 is 15.8 Å². The van der Waals surface area contributed by atoms with E-state index in [2.05, 4.69) is 5.32 Å². The Hall–Kier alpha value is -1.60. The average molecular weight is 288 g/mol. The number of nitrogens with one attached hydrogen (secondary N) is 1. The molecule has 0 aliphatic carbocycles. The van der Waals surface area contributed by atoms with Crippen molar-refractivity contribution in [3.05, 3.63) is 29.3 Å². The molecule has 1 heterocycles. The van der Waals surface area contributed by atoms with Crippen molar-refractivity contribution in [1.82, 2.24) is 0 Å². The van der Waals surface area contributed by atoms with E-state index in [-0.39, 0.29) is 18.9 Å². The lowest BCUT2D eigenvalue weighted by molar-refractivity contribution is -0.137. The zero-order valence-electron chi connectivity index (χ0n) is 10.8. The van der Waals surface area contributed by atoms with Gasteiger partial charge in [-0.1, -0.05) is 6.07 Å². The molecule has 1 saturated heterocycles. The monoisotopic (exact) mass is 288 g/mol. The first-order valence-corrected chi connectivity index (χ1v) is 6.11. The highest BCUT2D eigenvalue weighted by Gasteiger charge is 2.33. The number of aryl methyl sites for hydroxylation is 1. The second-order valence-corrected chi connectivity index (χ2v) is 4.82. The van der Waals surface area contributed by atoms with Crippen LogP contribution in [0.5, 0.6) is 0 Å². The van der Waals surface area contributed by atoms with Crippen molar-refractivity contribution in [3.63, 3.8) is 0 Å². The summed E-state index contributed by atoms with van der Waals surface area (Å²) in [6.45, 7) is 2.09. The zero-order valence-corrected chi connectivity index (χ0v) is 10.8. The Bertz CT molecular complexity index is 517. The van der Waals surface area contributed by atoms with Crippen molar-refractivity contribution in [2.45, 2.75) is 19.1 Å². The second kappa shape index (κ2) is 5.41. The first-order chi connectivity index (χ1) is 9.29. The summed E-state index contributed by atoms with van der Waals surface area (Å²) < 4.78 is 43.0. The Labute approximate surface area is 114 Å². The predicted molar refractivity (Wildman–Crippen MR) is 67.1 cm³/mol. The van der Waals surface area contributed by atoms with Gasteiger partial charge in [0, 0.05) is 11.7 Å². The van der Waals surface area contributed by atoms with Crippen LogP contribution in [0.25, 0.3) is 0 Å². The maximum absolute atomic E-state index is 12.6. The van der Waals surface area contributed by atoms with E-state index >= 15 is 0 Å². The number of rotatable bonds is 2. The SMILES string of the molecule is Cc1ccc(C(F)(F)F)cc1NC(=O)C1COCC1N. The van der Waals surface area contributed by atoms with Gasteiger partial charge in [0.25, 0.3) is 0 Å². The van der Waals surface area contributed by atoms with Crippen molar-refractivity contribution in [2.75, 3.05) is 18.5 Å². The van der Waals surface area contributed by atoms with Crippen LogP contribution >= 0.6 is 0 Å². The number of alkyl halides is 3. The van der Waals surface area contributed by atoms with Gasteiger partial charge in [-0.2, -0.15) is 13.2 Å². The van der Waals surface area contributed by atoms with E-state index in [1.165, 1.54) is 6.07 Å². The standard InChI is InChI=1S/C13H15F3N2O2/c1-7-2-3-8(13(14,15)16)4-11(7)18-12(19)9-5-20-6-10(9)17/h2-4,9-10H,5-6,17H2,1H3,(H,18,19).